The van der Waals surface area contributed by atoms with Crippen molar-refractivity contribution in [2.45, 2.75) is 43.8 Å². The molecule has 0 fully saturated rings. The lowest BCUT2D eigenvalue weighted by atomic mass is 10.1. The maximum absolute atomic E-state index is 10.1. The van der Waals surface area contributed by atoms with Crippen LogP contribution >= 0.6 is 27.5 Å². The Kier molecular flexibility index (Phi) is 7.30. The standard InChI is InChI=1S/C15H18BrClO2/c1-3-5-6-10-14-12(17)8-7-9-13(18)15(19-14)11(16)4-2/h1,5-7,9,12-14,18H,4,8,10H2,2H3/b6-5+,9-7-,15-11+/t12-,13-,14-/m1/s1. The molecule has 104 valence electrons. The molecule has 0 spiro atoms. The fourth-order valence-electron chi connectivity index (χ4n) is 1.75. The number of terminal acetylenes is 1. The van der Waals surface area contributed by atoms with Crippen molar-refractivity contribution in [3.05, 3.63) is 34.5 Å². The summed E-state index contributed by atoms with van der Waals surface area (Å²) in [5.41, 5.74) is 0. The molecule has 4 heteroatoms. The van der Waals surface area contributed by atoms with E-state index >= 15 is 0 Å². The molecule has 0 saturated heterocycles. The lowest BCUT2D eigenvalue weighted by molar-refractivity contribution is 0.0630. The zero-order chi connectivity index (χ0) is 14.3. The Morgan fingerprint density at radius 3 is 3.11 bits per heavy atom. The van der Waals surface area contributed by atoms with Crippen LogP contribution < -0.4 is 0 Å². The average molecular weight is 346 g/mol. The fourth-order valence-corrected chi connectivity index (χ4v) is 2.33. The van der Waals surface area contributed by atoms with Crippen LogP contribution in [-0.4, -0.2) is 22.7 Å². The van der Waals surface area contributed by atoms with Gasteiger partial charge in [0.2, 0.25) is 0 Å². The molecule has 0 aliphatic carbocycles. The molecular weight excluding hydrogens is 328 g/mol. The van der Waals surface area contributed by atoms with Crippen LogP contribution in [0.2, 0.25) is 0 Å². The van der Waals surface area contributed by atoms with Crippen molar-refractivity contribution >= 4 is 27.5 Å². The van der Waals surface area contributed by atoms with Gasteiger partial charge in [-0.15, -0.1) is 18.0 Å². The highest BCUT2D eigenvalue weighted by molar-refractivity contribution is 9.11. The van der Waals surface area contributed by atoms with E-state index in [0.717, 1.165) is 10.9 Å². The molecule has 1 heterocycles. The normalized spacial score (nSPS) is 32.1. The van der Waals surface area contributed by atoms with Crippen LogP contribution in [0, 0.1) is 12.3 Å². The van der Waals surface area contributed by atoms with Gasteiger partial charge < -0.3 is 9.84 Å². The third kappa shape index (κ3) is 5.06. The SMILES string of the molecule is C#C/C=C/C[C@H]1O/C(=C(/Br)CC)[C@H](O)/C=C\C[C@H]1Cl. The van der Waals surface area contributed by atoms with Gasteiger partial charge >= 0.3 is 0 Å². The van der Waals surface area contributed by atoms with E-state index in [1.807, 2.05) is 19.1 Å². The van der Waals surface area contributed by atoms with Crippen molar-refractivity contribution in [1.29, 1.82) is 0 Å². The number of ether oxygens (including phenoxy) is 1. The third-order valence-corrected chi connectivity index (χ3v) is 4.20. The fraction of sp³-hybridized carbons (Fsp3) is 0.467. The number of allylic oxidation sites excluding steroid dienone is 3. The number of aliphatic hydroxyl groups is 1. The molecule has 0 radical (unpaired) electrons. The van der Waals surface area contributed by atoms with E-state index in [1.165, 1.54) is 0 Å². The number of rotatable bonds is 3. The van der Waals surface area contributed by atoms with Crippen LogP contribution in [0.15, 0.2) is 34.5 Å². The summed E-state index contributed by atoms with van der Waals surface area (Å²) in [6, 6.07) is 0. The Balaban J connectivity index is 2.94. The Hall–Kier alpha value is -0.690. The second-order valence-corrected chi connectivity index (χ2v) is 5.73. The van der Waals surface area contributed by atoms with Crippen molar-refractivity contribution in [2.24, 2.45) is 0 Å². The van der Waals surface area contributed by atoms with Crippen molar-refractivity contribution in [3.8, 4) is 12.3 Å². The second-order valence-electron chi connectivity index (χ2n) is 4.21. The molecule has 1 aliphatic heterocycles. The first-order chi connectivity index (χ1) is 9.10. The zero-order valence-corrected chi connectivity index (χ0v) is 13.2. The number of halogens is 2. The van der Waals surface area contributed by atoms with Crippen LogP contribution in [0.5, 0.6) is 0 Å². The minimum absolute atomic E-state index is 0.154. The maximum Gasteiger partial charge on any atom is 0.139 e. The van der Waals surface area contributed by atoms with Gasteiger partial charge in [0.1, 0.15) is 18.0 Å². The van der Waals surface area contributed by atoms with E-state index in [-0.39, 0.29) is 11.5 Å². The number of hydrogen-bond acceptors (Lipinski definition) is 2. The summed E-state index contributed by atoms with van der Waals surface area (Å²) in [5.74, 6) is 2.97. The second kappa shape index (κ2) is 8.47. The van der Waals surface area contributed by atoms with Crippen LogP contribution in [-0.2, 0) is 4.74 Å². The molecule has 0 aromatic carbocycles. The highest BCUT2D eigenvalue weighted by atomic mass is 79.9. The molecule has 0 unspecified atom stereocenters. The highest BCUT2D eigenvalue weighted by Crippen LogP contribution is 2.28. The largest absolute Gasteiger partial charge is 0.489 e. The predicted octanol–water partition coefficient (Wildman–Crippen LogP) is 3.90. The minimum atomic E-state index is -0.738. The monoisotopic (exact) mass is 344 g/mol. The van der Waals surface area contributed by atoms with Crippen molar-refractivity contribution in [3.63, 3.8) is 0 Å². The van der Waals surface area contributed by atoms with Crippen LogP contribution in [0.1, 0.15) is 26.2 Å². The van der Waals surface area contributed by atoms with Crippen LogP contribution in [0.25, 0.3) is 0 Å². The molecule has 0 bridgehead atoms. The van der Waals surface area contributed by atoms with Crippen molar-refractivity contribution < 1.29 is 9.84 Å². The van der Waals surface area contributed by atoms with Crippen molar-refractivity contribution in [2.75, 3.05) is 0 Å². The molecule has 19 heavy (non-hydrogen) atoms. The number of aliphatic hydroxyl groups excluding tert-OH is 1. The first-order valence-electron chi connectivity index (χ1n) is 6.25. The Labute approximate surface area is 128 Å². The van der Waals surface area contributed by atoms with Gasteiger partial charge in [-0.05, 0) is 18.9 Å². The van der Waals surface area contributed by atoms with Gasteiger partial charge in [-0.1, -0.05) is 47.0 Å². The molecule has 0 saturated carbocycles. The topological polar surface area (TPSA) is 29.5 Å². The van der Waals surface area contributed by atoms with Gasteiger partial charge in [-0.3, -0.25) is 0 Å². The molecule has 0 amide bonds. The summed E-state index contributed by atoms with van der Waals surface area (Å²) >= 11 is 9.75. The van der Waals surface area contributed by atoms with Gasteiger partial charge in [0, 0.05) is 10.9 Å². The number of hydrogen-bond donors (Lipinski definition) is 1. The summed E-state index contributed by atoms with van der Waals surface area (Å²) in [7, 11) is 0. The summed E-state index contributed by atoms with van der Waals surface area (Å²) < 4.78 is 6.74. The number of alkyl halides is 1. The Morgan fingerprint density at radius 1 is 1.74 bits per heavy atom. The van der Waals surface area contributed by atoms with E-state index in [2.05, 4.69) is 21.9 Å². The van der Waals surface area contributed by atoms with E-state index in [4.69, 9.17) is 22.8 Å². The van der Waals surface area contributed by atoms with E-state index in [0.29, 0.717) is 18.6 Å². The lowest BCUT2D eigenvalue weighted by Gasteiger charge is -2.28. The third-order valence-electron chi connectivity index (χ3n) is 2.79. The lowest BCUT2D eigenvalue weighted by Crippen LogP contribution is -2.28. The van der Waals surface area contributed by atoms with E-state index in [9.17, 15) is 5.11 Å². The van der Waals surface area contributed by atoms with E-state index in [1.54, 1.807) is 12.2 Å². The molecule has 0 aromatic rings. The Morgan fingerprint density at radius 2 is 2.47 bits per heavy atom. The maximum atomic E-state index is 10.1. The van der Waals surface area contributed by atoms with Gasteiger partial charge in [-0.25, -0.2) is 0 Å². The summed E-state index contributed by atoms with van der Waals surface area (Å²) in [4.78, 5) is 0. The van der Waals surface area contributed by atoms with Gasteiger partial charge in [0.25, 0.3) is 0 Å². The Bertz CT molecular complexity index is 420. The molecule has 0 aromatic heterocycles. The van der Waals surface area contributed by atoms with Gasteiger partial charge in [0.15, 0.2) is 0 Å². The van der Waals surface area contributed by atoms with E-state index < -0.39 is 6.10 Å². The molecule has 1 aliphatic rings. The first kappa shape index (κ1) is 16.4. The quantitative estimate of drug-likeness (QED) is 0.477. The zero-order valence-electron chi connectivity index (χ0n) is 10.9. The van der Waals surface area contributed by atoms with Crippen LogP contribution in [0.3, 0.4) is 0 Å². The van der Waals surface area contributed by atoms with Crippen molar-refractivity contribution in [1.82, 2.24) is 0 Å². The molecule has 1 rings (SSSR count). The average Bonchev–Trinajstić information content (AvgIpc) is 2.40. The van der Waals surface area contributed by atoms with Gasteiger partial charge in [-0.2, -0.15) is 0 Å². The smallest absolute Gasteiger partial charge is 0.139 e. The molecule has 3 atom stereocenters. The summed E-state index contributed by atoms with van der Waals surface area (Å²) in [6.07, 6.45) is 13.3. The molecular formula is C15H18BrClO2. The highest BCUT2D eigenvalue weighted by Gasteiger charge is 2.25. The molecule has 1 N–H and O–H groups in total. The first-order valence-corrected chi connectivity index (χ1v) is 7.48. The molecule has 2 nitrogen and oxygen atoms in total. The van der Waals surface area contributed by atoms with Crippen LogP contribution in [0.4, 0.5) is 0 Å². The van der Waals surface area contributed by atoms with Gasteiger partial charge in [0.05, 0.1) is 5.38 Å². The predicted molar refractivity (Wildman–Crippen MR) is 83.1 cm³/mol. The summed E-state index contributed by atoms with van der Waals surface area (Å²) in [6.45, 7) is 1.99. The minimum Gasteiger partial charge on any atom is -0.489 e. The summed E-state index contributed by atoms with van der Waals surface area (Å²) in [5, 5.41) is 9.90.